The molecule has 1 aromatic heterocycles. The minimum absolute atomic E-state index is 0.0223. The first-order valence-electron chi connectivity index (χ1n) is 7.56. The van der Waals surface area contributed by atoms with E-state index in [0.29, 0.717) is 27.7 Å². The van der Waals surface area contributed by atoms with Crippen LogP contribution in [0, 0.1) is 4.77 Å². The van der Waals surface area contributed by atoms with E-state index in [4.69, 9.17) is 21.7 Å². The molecule has 0 aliphatic rings. The molecule has 0 aliphatic heterocycles. The zero-order valence-electron chi connectivity index (χ0n) is 14.0. The maximum atomic E-state index is 11.4. The summed E-state index contributed by atoms with van der Waals surface area (Å²) in [4.78, 5) is 18.8. The molecule has 128 valence electrons. The van der Waals surface area contributed by atoms with Crippen molar-refractivity contribution in [1.82, 2.24) is 9.97 Å². The molecule has 0 fully saturated rings. The lowest BCUT2D eigenvalue weighted by Gasteiger charge is -2.13. The van der Waals surface area contributed by atoms with Gasteiger partial charge in [-0.15, -0.1) is 0 Å². The average Bonchev–Trinajstić information content (AvgIpc) is 2.61. The molecule has 6 nitrogen and oxygen atoms in total. The first-order chi connectivity index (χ1) is 12.0. The van der Waals surface area contributed by atoms with E-state index in [0.717, 1.165) is 16.6 Å². The predicted molar refractivity (Wildman–Crippen MR) is 99.8 cm³/mol. The normalized spacial score (nSPS) is 10.5. The summed E-state index contributed by atoms with van der Waals surface area (Å²) in [5.74, 6) is 1.81. The van der Waals surface area contributed by atoms with Gasteiger partial charge in [-0.05, 0) is 49.5 Å². The molecule has 0 saturated carbocycles. The van der Waals surface area contributed by atoms with Crippen LogP contribution in [0.1, 0.15) is 17.3 Å². The Bertz CT molecular complexity index is 997. The number of aromatic nitrogens is 2. The maximum Gasteiger partial charge on any atom is 0.199 e. The number of Topliss-reactive ketones (excluding diaryl/α,β-unsaturated/α-hetero) is 1. The lowest BCUT2D eigenvalue weighted by molar-refractivity contribution is 0.101. The average molecular weight is 355 g/mol. The van der Waals surface area contributed by atoms with Crippen LogP contribution in [-0.2, 0) is 0 Å². The van der Waals surface area contributed by atoms with Gasteiger partial charge in [0, 0.05) is 22.7 Å². The van der Waals surface area contributed by atoms with E-state index in [1.807, 2.05) is 24.3 Å². The summed E-state index contributed by atoms with van der Waals surface area (Å²) >= 11 is 5.22. The zero-order valence-corrected chi connectivity index (χ0v) is 14.9. The van der Waals surface area contributed by atoms with E-state index in [1.165, 1.54) is 6.92 Å². The van der Waals surface area contributed by atoms with Gasteiger partial charge in [0.1, 0.15) is 5.82 Å². The van der Waals surface area contributed by atoms with Gasteiger partial charge in [0.25, 0.3) is 0 Å². The standard InChI is InChI=1S/C18H17N3O3S/c1-10(22)11-4-6-12(7-5-11)19-17-13-8-15(23-2)16(24-3)9-14(13)20-18(25)21-17/h4-9H,1-3H3,(H2,19,20,21,25). The fourth-order valence-corrected chi connectivity index (χ4v) is 2.70. The van der Waals surface area contributed by atoms with Gasteiger partial charge >= 0.3 is 0 Å². The van der Waals surface area contributed by atoms with E-state index in [9.17, 15) is 4.79 Å². The third-order valence-electron chi connectivity index (χ3n) is 3.79. The lowest BCUT2D eigenvalue weighted by atomic mass is 10.1. The molecule has 0 saturated heterocycles. The fraction of sp³-hybridized carbons (Fsp3) is 0.167. The van der Waals surface area contributed by atoms with Crippen LogP contribution in [-0.4, -0.2) is 30.0 Å². The second kappa shape index (κ2) is 6.90. The van der Waals surface area contributed by atoms with Gasteiger partial charge in [0.2, 0.25) is 0 Å². The number of ketones is 1. The van der Waals surface area contributed by atoms with E-state index in [-0.39, 0.29) is 5.78 Å². The monoisotopic (exact) mass is 355 g/mol. The first-order valence-corrected chi connectivity index (χ1v) is 7.96. The molecular weight excluding hydrogens is 338 g/mol. The number of fused-ring (bicyclic) bond motifs is 1. The lowest BCUT2D eigenvalue weighted by Crippen LogP contribution is -1.99. The number of methoxy groups -OCH3 is 2. The van der Waals surface area contributed by atoms with Gasteiger partial charge in [-0.25, -0.2) is 4.98 Å². The van der Waals surface area contributed by atoms with Crippen molar-refractivity contribution >= 4 is 40.4 Å². The van der Waals surface area contributed by atoms with Crippen LogP contribution in [0.15, 0.2) is 36.4 Å². The Labute approximate surface area is 149 Å². The number of aromatic amines is 1. The van der Waals surface area contributed by atoms with Crippen molar-refractivity contribution in [2.75, 3.05) is 19.5 Å². The number of ether oxygens (including phenoxy) is 2. The quantitative estimate of drug-likeness (QED) is 0.526. The summed E-state index contributed by atoms with van der Waals surface area (Å²) < 4.78 is 11.0. The Morgan fingerprint density at radius 2 is 1.76 bits per heavy atom. The maximum absolute atomic E-state index is 11.4. The van der Waals surface area contributed by atoms with Crippen molar-refractivity contribution in [3.63, 3.8) is 0 Å². The molecule has 3 rings (SSSR count). The van der Waals surface area contributed by atoms with Crippen LogP contribution in [0.3, 0.4) is 0 Å². The van der Waals surface area contributed by atoms with Gasteiger partial charge in [-0.2, -0.15) is 0 Å². The summed E-state index contributed by atoms with van der Waals surface area (Å²) in [6, 6.07) is 10.8. The van der Waals surface area contributed by atoms with Crippen LogP contribution in [0.2, 0.25) is 0 Å². The summed E-state index contributed by atoms with van der Waals surface area (Å²) in [7, 11) is 3.16. The highest BCUT2D eigenvalue weighted by atomic mass is 32.1. The van der Waals surface area contributed by atoms with Gasteiger partial charge in [0.05, 0.1) is 19.7 Å². The topological polar surface area (TPSA) is 76.2 Å². The highest BCUT2D eigenvalue weighted by molar-refractivity contribution is 7.71. The SMILES string of the molecule is COc1cc2[nH]c(=S)nc(Nc3ccc(C(C)=O)cc3)c2cc1OC. The van der Waals surface area contributed by atoms with Crippen molar-refractivity contribution in [3.05, 3.63) is 46.7 Å². The Kier molecular flexibility index (Phi) is 4.67. The minimum Gasteiger partial charge on any atom is -0.493 e. The molecule has 0 atom stereocenters. The summed E-state index contributed by atoms with van der Waals surface area (Å²) in [6.45, 7) is 1.54. The van der Waals surface area contributed by atoms with Gasteiger partial charge in [-0.1, -0.05) is 0 Å². The van der Waals surface area contributed by atoms with Crippen LogP contribution in [0.4, 0.5) is 11.5 Å². The van der Waals surface area contributed by atoms with Crippen molar-refractivity contribution in [2.24, 2.45) is 0 Å². The summed E-state index contributed by atoms with van der Waals surface area (Å²) in [5, 5.41) is 4.04. The number of hydrogen-bond donors (Lipinski definition) is 2. The molecule has 0 bridgehead atoms. The Morgan fingerprint density at radius 3 is 2.36 bits per heavy atom. The molecule has 0 unspecified atom stereocenters. The number of carbonyl (C=O) groups is 1. The fourth-order valence-electron chi connectivity index (χ4n) is 2.50. The number of nitrogens with zero attached hydrogens (tertiary/aromatic N) is 1. The second-order valence-electron chi connectivity index (χ2n) is 5.40. The smallest absolute Gasteiger partial charge is 0.199 e. The van der Waals surface area contributed by atoms with E-state index in [1.54, 1.807) is 26.4 Å². The van der Waals surface area contributed by atoms with Crippen molar-refractivity contribution in [2.45, 2.75) is 6.92 Å². The highest BCUT2D eigenvalue weighted by Crippen LogP contribution is 2.34. The molecular formula is C18H17N3O3S. The van der Waals surface area contributed by atoms with E-state index in [2.05, 4.69) is 15.3 Å². The number of nitrogens with one attached hydrogen (secondary N) is 2. The van der Waals surface area contributed by atoms with E-state index >= 15 is 0 Å². The number of anilines is 2. The molecule has 1 heterocycles. The molecule has 0 aliphatic carbocycles. The molecule has 2 N–H and O–H groups in total. The minimum atomic E-state index is 0.0223. The van der Waals surface area contributed by atoms with Crippen LogP contribution in [0.5, 0.6) is 11.5 Å². The Balaban J connectivity index is 2.08. The number of carbonyl (C=O) groups excluding carboxylic acids is 1. The zero-order chi connectivity index (χ0) is 18.0. The molecule has 3 aromatic rings. The molecule has 0 radical (unpaired) electrons. The molecule has 25 heavy (non-hydrogen) atoms. The highest BCUT2D eigenvalue weighted by Gasteiger charge is 2.11. The molecule has 7 heteroatoms. The largest absolute Gasteiger partial charge is 0.493 e. The van der Waals surface area contributed by atoms with Gasteiger partial charge in [-0.3, -0.25) is 4.79 Å². The third-order valence-corrected chi connectivity index (χ3v) is 3.98. The predicted octanol–water partition coefficient (Wildman–Crippen LogP) is 4.26. The van der Waals surface area contributed by atoms with Gasteiger partial charge < -0.3 is 19.8 Å². The van der Waals surface area contributed by atoms with Crippen molar-refractivity contribution in [1.29, 1.82) is 0 Å². The van der Waals surface area contributed by atoms with E-state index < -0.39 is 0 Å². The molecule has 0 spiro atoms. The van der Waals surface area contributed by atoms with Crippen molar-refractivity contribution in [3.8, 4) is 11.5 Å². The van der Waals surface area contributed by atoms with Crippen LogP contribution in [0.25, 0.3) is 10.9 Å². The Morgan fingerprint density at radius 1 is 1.12 bits per heavy atom. The Hall–Kier alpha value is -2.93. The van der Waals surface area contributed by atoms with Gasteiger partial charge in [0.15, 0.2) is 22.1 Å². The van der Waals surface area contributed by atoms with Crippen LogP contribution >= 0.6 is 12.2 Å². The number of benzene rings is 2. The number of rotatable bonds is 5. The summed E-state index contributed by atoms with van der Waals surface area (Å²) in [6.07, 6.45) is 0. The van der Waals surface area contributed by atoms with Crippen LogP contribution < -0.4 is 14.8 Å². The second-order valence-corrected chi connectivity index (χ2v) is 5.79. The number of H-pyrrole nitrogens is 1. The number of hydrogen-bond acceptors (Lipinski definition) is 6. The first kappa shape index (κ1) is 16.9. The van der Waals surface area contributed by atoms with Crippen molar-refractivity contribution < 1.29 is 14.3 Å². The summed E-state index contributed by atoms with van der Waals surface area (Å²) in [5.41, 5.74) is 2.23. The molecule has 2 aromatic carbocycles. The third kappa shape index (κ3) is 3.46. The molecule has 0 amide bonds.